The molecule has 0 radical (unpaired) electrons. The molecule has 2 fully saturated rings. The lowest BCUT2D eigenvalue weighted by molar-refractivity contribution is 0.372. The van der Waals surface area contributed by atoms with E-state index in [2.05, 4.69) is 62.3 Å². The minimum absolute atomic E-state index is 0.218. The summed E-state index contributed by atoms with van der Waals surface area (Å²) in [6.45, 7) is 6.98. The number of hydrogen-bond acceptors (Lipinski definition) is 2. The first-order chi connectivity index (χ1) is 9.50. The van der Waals surface area contributed by atoms with E-state index in [-0.39, 0.29) is 5.41 Å². The average Bonchev–Trinajstić information content (AvgIpc) is 2.68. The molecule has 2 unspecified atom stereocenters. The SMILES string of the molecule is CNC1CC2CCC(C1)N2c1ccccc1C(C)(C)C. The standard InChI is InChI=1S/C18H28N2/c1-18(2,3)16-7-5-6-8-17(16)20-14-9-10-15(20)12-13(11-14)19-4/h5-8,13-15,19H,9-12H2,1-4H3. The molecule has 2 saturated heterocycles. The molecule has 110 valence electrons. The van der Waals surface area contributed by atoms with Crippen molar-refractivity contribution >= 4 is 5.69 Å². The molecular weight excluding hydrogens is 244 g/mol. The fourth-order valence-electron chi connectivity index (χ4n) is 4.14. The molecule has 20 heavy (non-hydrogen) atoms. The largest absolute Gasteiger partial charge is 0.365 e. The van der Waals surface area contributed by atoms with Crippen LogP contribution in [0.25, 0.3) is 0 Å². The Balaban J connectivity index is 1.95. The molecule has 1 N–H and O–H groups in total. The van der Waals surface area contributed by atoms with Crippen LogP contribution in [0, 0.1) is 0 Å². The van der Waals surface area contributed by atoms with E-state index >= 15 is 0 Å². The number of anilines is 1. The first-order valence-electron chi connectivity index (χ1n) is 8.06. The first kappa shape index (κ1) is 13.9. The van der Waals surface area contributed by atoms with Gasteiger partial charge in [-0.3, -0.25) is 0 Å². The van der Waals surface area contributed by atoms with Gasteiger partial charge in [0.05, 0.1) is 0 Å². The highest BCUT2D eigenvalue weighted by molar-refractivity contribution is 5.59. The van der Waals surface area contributed by atoms with Crippen molar-refractivity contribution in [3.8, 4) is 0 Å². The van der Waals surface area contributed by atoms with Gasteiger partial charge in [-0.05, 0) is 49.8 Å². The van der Waals surface area contributed by atoms with E-state index < -0.39 is 0 Å². The molecule has 2 nitrogen and oxygen atoms in total. The van der Waals surface area contributed by atoms with Gasteiger partial charge in [0, 0.05) is 23.8 Å². The van der Waals surface area contributed by atoms with E-state index in [4.69, 9.17) is 0 Å². The zero-order valence-electron chi connectivity index (χ0n) is 13.3. The highest BCUT2D eigenvalue weighted by atomic mass is 15.2. The van der Waals surface area contributed by atoms with Crippen LogP contribution in [-0.4, -0.2) is 25.2 Å². The van der Waals surface area contributed by atoms with Crippen molar-refractivity contribution in [2.75, 3.05) is 11.9 Å². The van der Waals surface area contributed by atoms with Gasteiger partial charge in [-0.25, -0.2) is 0 Å². The van der Waals surface area contributed by atoms with Crippen molar-refractivity contribution in [3.05, 3.63) is 29.8 Å². The zero-order chi connectivity index (χ0) is 14.3. The van der Waals surface area contributed by atoms with E-state index in [9.17, 15) is 0 Å². The predicted octanol–water partition coefficient (Wildman–Crippen LogP) is 3.70. The molecule has 0 spiro atoms. The maximum Gasteiger partial charge on any atom is 0.0409 e. The first-order valence-corrected chi connectivity index (χ1v) is 8.06. The fourth-order valence-corrected chi connectivity index (χ4v) is 4.14. The smallest absolute Gasteiger partial charge is 0.0409 e. The summed E-state index contributed by atoms with van der Waals surface area (Å²) in [5.74, 6) is 0. The molecule has 3 rings (SSSR count). The van der Waals surface area contributed by atoms with Gasteiger partial charge in [0.2, 0.25) is 0 Å². The van der Waals surface area contributed by atoms with E-state index in [0.717, 1.165) is 12.1 Å². The highest BCUT2D eigenvalue weighted by Crippen LogP contribution is 2.43. The molecule has 1 aromatic rings. The third-order valence-corrected chi connectivity index (χ3v) is 5.13. The quantitative estimate of drug-likeness (QED) is 0.883. The van der Waals surface area contributed by atoms with Crippen molar-refractivity contribution in [1.29, 1.82) is 0 Å². The van der Waals surface area contributed by atoms with Gasteiger partial charge >= 0.3 is 0 Å². The Labute approximate surface area is 123 Å². The molecule has 2 atom stereocenters. The van der Waals surface area contributed by atoms with Gasteiger partial charge in [0.1, 0.15) is 0 Å². The average molecular weight is 272 g/mol. The second kappa shape index (κ2) is 5.07. The van der Waals surface area contributed by atoms with Crippen LogP contribution in [-0.2, 0) is 5.41 Å². The lowest BCUT2D eigenvalue weighted by Crippen LogP contribution is -2.49. The summed E-state index contributed by atoms with van der Waals surface area (Å²) in [5.41, 5.74) is 3.21. The Morgan fingerprint density at radius 3 is 2.20 bits per heavy atom. The molecule has 0 amide bonds. The number of nitrogens with zero attached hydrogens (tertiary/aromatic N) is 1. The minimum Gasteiger partial charge on any atom is -0.365 e. The summed E-state index contributed by atoms with van der Waals surface area (Å²) in [6, 6.07) is 11.2. The number of para-hydroxylation sites is 1. The predicted molar refractivity (Wildman–Crippen MR) is 86.5 cm³/mol. The molecular formula is C18H28N2. The van der Waals surface area contributed by atoms with Crippen LogP contribution >= 0.6 is 0 Å². The van der Waals surface area contributed by atoms with Crippen molar-refractivity contribution in [1.82, 2.24) is 5.32 Å². The Morgan fingerprint density at radius 2 is 1.65 bits per heavy atom. The lowest BCUT2D eigenvalue weighted by Gasteiger charge is -2.42. The van der Waals surface area contributed by atoms with E-state index in [1.165, 1.54) is 36.9 Å². The summed E-state index contributed by atoms with van der Waals surface area (Å²) in [6.07, 6.45) is 5.32. The van der Waals surface area contributed by atoms with Gasteiger partial charge in [0.25, 0.3) is 0 Å². The van der Waals surface area contributed by atoms with Gasteiger partial charge < -0.3 is 10.2 Å². The van der Waals surface area contributed by atoms with Crippen molar-refractivity contribution in [2.45, 2.75) is 70.0 Å². The third kappa shape index (κ3) is 2.35. The van der Waals surface area contributed by atoms with Crippen molar-refractivity contribution in [3.63, 3.8) is 0 Å². The van der Waals surface area contributed by atoms with E-state index in [1.54, 1.807) is 0 Å². The third-order valence-electron chi connectivity index (χ3n) is 5.13. The van der Waals surface area contributed by atoms with Gasteiger partial charge in [-0.1, -0.05) is 39.0 Å². The van der Waals surface area contributed by atoms with Crippen LogP contribution in [0.3, 0.4) is 0 Å². The van der Waals surface area contributed by atoms with Crippen LogP contribution in [0.4, 0.5) is 5.69 Å². The minimum atomic E-state index is 0.218. The lowest BCUT2D eigenvalue weighted by atomic mass is 9.84. The molecule has 1 aromatic carbocycles. The topological polar surface area (TPSA) is 15.3 Å². The van der Waals surface area contributed by atoms with E-state index in [0.29, 0.717) is 6.04 Å². The Kier molecular flexibility index (Phi) is 3.53. The summed E-state index contributed by atoms with van der Waals surface area (Å²) in [5, 5.41) is 3.49. The maximum absolute atomic E-state index is 3.49. The Morgan fingerprint density at radius 1 is 1.05 bits per heavy atom. The zero-order valence-corrected chi connectivity index (χ0v) is 13.3. The van der Waals surface area contributed by atoms with Crippen molar-refractivity contribution in [2.24, 2.45) is 0 Å². The van der Waals surface area contributed by atoms with Gasteiger partial charge in [-0.2, -0.15) is 0 Å². The fraction of sp³-hybridized carbons (Fsp3) is 0.667. The van der Waals surface area contributed by atoms with Gasteiger partial charge in [-0.15, -0.1) is 0 Å². The molecule has 2 aliphatic rings. The van der Waals surface area contributed by atoms with E-state index in [1.807, 2.05) is 0 Å². The second-order valence-electron chi connectivity index (χ2n) is 7.52. The molecule has 0 aromatic heterocycles. The van der Waals surface area contributed by atoms with Crippen LogP contribution in [0.15, 0.2) is 24.3 Å². The Hall–Kier alpha value is -1.02. The number of rotatable bonds is 2. The summed E-state index contributed by atoms with van der Waals surface area (Å²) in [4.78, 5) is 2.74. The summed E-state index contributed by atoms with van der Waals surface area (Å²) < 4.78 is 0. The number of hydrogen-bond donors (Lipinski definition) is 1. The van der Waals surface area contributed by atoms with Crippen LogP contribution in [0.5, 0.6) is 0 Å². The number of nitrogens with one attached hydrogen (secondary N) is 1. The van der Waals surface area contributed by atoms with Crippen LogP contribution in [0.1, 0.15) is 52.0 Å². The molecule has 2 aliphatic heterocycles. The van der Waals surface area contributed by atoms with Gasteiger partial charge in [0.15, 0.2) is 0 Å². The number of benzene rings is 1. The Bertz CT molecular complexity index is 461. The maximum atomic E-state index is 3.49. The molecule has 0 aliphatic carbocycles. The second-order valence-corrected chi connectivity index (χ2v) is 7.52. The summed E-state index contributed by atoms with van der Waals surface area (Å²) in [7, 11) is 2.11. The normalized spacial score (nSPS) is 29.8. The molecule has 2 heterocycles. The van der Waals surface area contributed by atoms with Crippen molar-refractivity contribution < 1.29 is 0 Å². The number of fused-ring (bicyclic) bond motifs is 2. The molecule has 0 saturated carbocycles. The summed E-state index contributed by atoms with van der Waals surface area (Å²) >= 11 is 0. The number of piperidine rings is 1. The molecule has 2 bridgehead atoms. The van der Waals surface area contributed by atoms with Crippen LogP contribution < -0.4 is 10.2 Å². The monoisotopic (exact) mass is 272 g/mol. The molecule has 2 heteroatoms. The highest BCUT2D eigenvalue weighted by Gasteiger charge is 2.41. The van der Waals surface area contributed by atoms with Crippen LogP contribution in [0.2, 0.25) is 0 Å².